The van der Waals surface area contributed by atoms with Crippen molar-refractivity contribution in [1.82, 2.24) is 14.7 Å². The maximum Gasteiger partial charge on any atom is 0.321 e. The van der Waals surface area contributed by atoms with Gasteiger partial charge in [-0.25, -0.2) is 0 Å². The van der Waals surface area contributed by atoms with E-state index in [4.69, 9.17) is 0 Å². The van der Waals surface area contributed by atoms with E-state index in [0.717, 1.165) is 41.8 Å². The topological polar surface area (TPSA) is 58.4 Å². The number of rotatable bonds is 4. The first-order chi connectivity index (χ1) is 9.77. The Hall–Kier alpha value is -0.880. The highest BCUT2D eigenvalue weighted by molar-refractivity contribution is 9.10. The Kier molecular flexibility index (Phi) is 4.78. The second-order valence-electron chi connectivity index (χ2n) is 6.47. The summed E-state index contributed by atoms with van der Waals surface area (Å²) >= 11 is 3.60. The Morgan fingerprint density at radius 2 is 2.19 bits per heavy atom. The van der Waals surface area contributed by atoms with Gasteiger partial charge in [-0.3, -0.25) is 14.4 Å². The van der Waals surface area contributed by atoms with E-state index in [1.165, 1.54) is 0 Å². The maximum atomic E-state index is 11.7. The van der Waals surface area contributed by atoms with Gasteiger partial charge >= 0.3 is 5.97 Å². The lowest BCUT2D eigenvalue weighted by Crippen LogP contribution is -2.53. The molecule has 2 rings (SSSR count). The lowest BCUT2D eigenvalue weighted by Gasteiger charge is -2.44. The Labute approximate surface area is 134 Å². The fourth-order valence-corrected chi connectivity index (χ4v) is 3.78. The molecule has 1 saturated heterocycles. The van der Waals surface area contributed by atoms with E-state index in [-0.39, 0.29) is 5.41 Å². The second kappa shape index (κ2) is 6.08. The molecule has 0 aliphatic carbocycles. The van der Waals surface area contributed by atoms with Gasteiger partial charge in [-0.05, 0) is 54.6 Å². The van der Waals surface area contributed by atoms with E-state index in [1.54, 1.807) is 0 Å². The molecule has 1 aliphatic heterocycles. The average Bonchev–Trinajstić information content (AvgIpc) is 2.65. The van der Waals surface area contributed by atoms with Crippen LogP contribution in [0.4, 0.5) is 0 Å². The van der Waals surface area contributed by atoms with Crippen LogP contribution in [0.5, 0.6) is 0 Å². The number of likely N-dealkylation sites (tertiary alicyclic amines) is 1. The summed E-state index contributed by atoms with van der Waals surface area (Å²) < 4.78 is 2.96. The van der Waals surface area contributed by atoms with Crippen LogP contribution < -0.4 is 0 Å². The number of carboxylic acids is 1. The molecule has 1 aromatic heterocycles. The van der Waals surface area contributed by atoms with Gasteiger partial charge in [0.2, 0.25) is 0 Å². The number of piperidine rings is 1. The predicted molar refractivity (Wildman–Crippen MR) is 85.2 cm³/mol. The fourth-order valence-electron chi connectivity index (χ4n) is 3.37. The summed E-state index contributed by atoms with van der Waals surface area (Å²) in [4.78, 5) is 13.8. The molecule has 21 heavy (non-hydrogen) atoms. The number of hydrogen-bond acceptors (Lipinski definition) is 3. The van der Waals surface area contributed by atoms with Crippen molar-refractivity contribution in [2.24, 2.45) is 5.41 Å². The first-order valence-electron chi connectivity index (χ1n) is 7.46. The van der Waals surface area contributed by atoms with Crippen molar-refractivity contribution in [1.29, 1.82) is 0 Å². The average molecular weight is 358 g/mol. The van der Waals surface area contributed by atoms with Crippen LogP contribution in [0.3, 0.4) is 0 Å². The van der Waals surface area contributed by atoms with Crippen molar-refractivity contribution in [3.05, 3.63) is 15.9 Å². The molecule has 118 valence electrons. The molecule has 1 fully saturated rings. The summed E-state index contributed by atoms with van der Waals surface area (Å²) in [5.74, 6) is -0.727. The first kappa shape index (κ1) is 16.5. The molecule has 0 radical (unpaired) electrons. The molecule has 0 amide bonds. The quantitative estimate of drug-likeness (QED) is 0.899. The van der Waals surface area contributed by atoms with Gasteiger partial charge in [0.15, 0.2) is 0 Å². The monoisotopic (exact) mass is 357 g/mol. The zero-order valence-electron chi connectivity index (χ0n) is 13.2. The number of aromatic nitrogens is 2. The molecule has 0 aromatic carbocycles. The fraction of sp³-hybridized carbons (Fsp3) is 0.733. The lowest BCUT2D eigenvalue weighted by atomic mass is 9.76. The van der Waals surface area contributed by atoms with Crippen LogP contribution in [-0.4, -0.2) is 38.3 Å². The third kappa shape index (κ3) is 3.16. The van der Waals surface area contributed by atoms with Crippen LogP contribution in [0.25, 0.3) is 0 Å². The molecule has 0 spiro atoms. The number of carbonyl (C=O) groups is 1. The lowest BCUT2D eigenvalue weighted by molar-refractivity contribution is -0.151. The summed E-state index contributed by atoms with van der Waals surface area (Å²) in [5, 5.41) is 14.1. The number of carboxylic acid groups (broad SMARTS) is 1. The van der Waals surface area contributed by atoms with E-state index in [0.29, 0.717) is 6.54 Å². The van der Waals surface area contributed by atoms with Gasteiger partial charge in [-0.2, -0.15) is 5.10 Å². The molecule has 1 aliphatic rings. The standard InChI is InChI=1S/C15H24BrN3O2/c1-5-19-11(12(16)10(2)17-19)9-18-8-6-7-15(3,4)13(18)14(20)21/h13H,5-9H2,1-4H3,(H,20,21). The molecular formula is C15H24BrN3O2. The van der Waals surface area contributed by atoms with Crippen LogP contribution >= 0.6 is 15.9 Å². The Bertz CT molecular complexity index is 539. The Morgan fingerprint density at radius 3 is 2.76 bits per heavy atom. The normalized spacial score (nSPS) is 22.4. The second-order valence-corrected chi connectivity index (χ2v) is 7.26. The highest BCUT2D eigenvalue weighted by Crippen LogP contribution is 2.36. The minimum Gasteiger partial charge on any atom is -0.480 e. The van der Waals surface area contributed by atoms with Crippen LogP contribution in [0.2, 0.25) is 0 Å². The molecule has 6 heteroatoms. The van der Waals surface area contributed by atoms with E-state index < -0.39 is 12.0 Å². The summed E-state index contributed by atoms with van der Waals surface area (Å²) in [6, 6.07) is -0.446. The predicted octanol–water partition coefficient (Wildman–Crippen LogP) is 3.05. The van der Waals surface area contributed by atoms with Gasteiger partial charge in [0.1, 0.15) is 6.04 Å². The molecule has 0 bridgehead atoms. The van der Waals surface area contributed by atoms with Gasteiger partial charge in [-0.15, -0.1) is 0 Å². The summed E-state index contributed by atoms with van der Waals surface area (Å²) in [6.07, 6.45) is 1.99. The maximum absolute atomic E-state index is 11.7. The third-order valence-electron chi connectivity index (χ3n) is 4.41. The smallest absolute Gasteiger partial charge is 0.321 e. The van der Waals surface area contributed by atoms with Crippen LogP contribution in [0.15, 0.2) is 4.47 Å². The molecule has 1 aromatic rings. The zero-order chi connectivity index (χ0) is 15.8. The zero-order valence-corrected chi connectivity index (χ0v) is 14.8. The Balaban J connectivity index is 2.31. The van der Waals surface area contributed by atoms with Crippen molar-refractivity contribution in [2.75, 3.05) is 6.54 Å². The van der Waals surface area contributed by atoms with Gasteiger partial charge in [-0.1, -0.05) is 13.8 Å². The van der Waals surface area contributed by atoms with Crippen molar-refractivity contribution >= 4 is 21.9 Å². The van der Waals surface area contributed by atoms with Gasteiger partial charge < -0.3 is 5.11 Å². The number of aliphatic carboxylic acids is 1. The molecule has 1 atom stereocenters. The number of halogens is 1. The minimum atomic E-state index is -0.727. The number of nitrogens with zero attached hydrogens (tertiary/aromatic N) is 3. The molecule has 0 saturated carbocycles. The highest BCUT2D eigenvalue weighted by Gasteiger charge is 2.42. The van der Waals surface area contributed by atoms with E-state index in [1.807, 2.05) is 11.6 Å². The van der Waals surface area contributed by atoms with Crippen molar-refractivity contribution in [2.45, 2.75) is 59.7 Å². The summed E-state index contributed by atoms with van der Waals surface area (Å²) in [7, 11) is 0. The van der Waals surface area contributed by atoms with Crippen LogP contribution in [-0.2, 0) is 17.9 Å². The molecular weight excluding hydrogens is 334 g/mol. The summed E-state index contributed by atoms with van der Waals surface area (Å²) in [6.45, 7) is 10.4. The third-order valence-corrected chi connectivity index (χ3v) is 5.44. The Morgan fingerprint density at radius 1 is 1.52 bits per heavy atom. The largest absolute Gasteiger partial charge is 0.480 e. The number of aryl methyl sites for hydroxylation is 2. The van der Waals surface area contributed by atoms with Gasteiger partial charge in [0.05, 0.1) is 15.9 Å². The van der Waals surface area contributed by atoms with E-state index in [9.17, 15) is 9.90 Å². The highest BCUT2D eigenvalue weighted by atomic mass is 79.9. The van der Waals surface area contributed by atoms with Gasteiger partial charge in [0.25, 0.3) is 0 Å². The van der Waals surface area contributed by atoms with E-state index >= 15 is 0 Å². The van der Waals surface area contributed by atoms with E-state index in [2.05, 4.69) is 46.7 Å². The minimum absolute atomic E-state index is 0.206. The first-order valence-corrected chi connectivity index (χ1v) is 8.26. The molecule has 1 unspecified atom stereocenters. The van der Waals surface area contributed by atoms with Crippen molar-refractivity contribution < 1.29 is 9.90 Å². The molecule has 2 heterocycles. The van der Waals surface area contributed by atoms with Crippen molar-refractivity contribution in [3.8, 4) is 0 Å². The molecule has 1 N–H and O–H groups in total. The number of hydrogen-bond donors (Lipinski definition) is 1. The molecule has 5 nitrogen and oxygen atoms in total. The van der Waals surface area contributed by atoms with Crippen molar-refractivity contribution in [3.63, 3.8) is 0 Å². The van der Waals surface area contributed by atoms with Gasteiger partial charge in [0, 0.05) is 13.1 Å². The SMILES string of the molecule is CCn1nc(C)c(Br)c1CN1CCCC(C)(C)C1C(=O)O. The van der Waals surface area contributed by atoms with Crippen LogP contribution in [0, 0.1) is 12.3 Å². The summed E-state index contributed by atoms with van der Waals surface area (Å²) in [5.41, 5.74) is 1.82. The van der Waals surface area contributed by atoms with Crippen LogP contribution in [0.1, 0.15) is 45.0 Å².